The van der Waals surface area contributed by atoms with Crippen molar-refractivity contribution < 1.29 is 23.8 Å². The van der Waals surface area contributed by atoms with Crippen LogP contribution in [-0.4, -0.2) is 28.8 Å². The Hall–Kier alpha value is -4.45. The highest BCUT2D eigenvalue weighted by Gasteiger charge is 2.46. The summed E-state index contributed by atoms with van der Waals surface area (Å²) in [5.74, 6) is -1.45. The lowest BCUT2D eigenvalue weighted by atomic mass is 9.84. The summed E-state index contributed by atoms with van der Waals surface area (Å²) < 4.78 is 19.1. The molecule has 198 valence electrons. The number of benzene rings is 4. The second-order valence-electron chi connectivity index (χ2n) is 10.8. The first-order valence-corrected chi connectivity index (χ1v) is 12.8. The van der Waals surface area contributed by atoms with E-state index in [2.05, 4.69) is 0 Å². The van der Waals surface area contributed by atoms with Crippen molar-refractivity contribution in [2.45, 2.75) is 38.8 Å². The first kappa shape index (κ1) is 26.2. The number of likely N-dealkylation sites (tertiary alicyclic amines) is 1. The van der Waals surface area contributed by atoms with Crippen LogP contribution in [0, 0.1) is 5.82 Å². The van der Waals surface area contributed by atoms with Gasteiger partial charge < -0.3 is 14.7 Å². The number of Topliss-reactive ketones (excluding diaryl/α,β-unsaturated/α-hetero) is 1. The molecule has 0 aromatic heterocycles. The lowest BCUT2D eigenvalue weighted by molar-refractivity contribution is -0.140. The van der Waals surface area contributed by atoms with E-state index >= 15 is 0 Å². The van der Waals surface area contributed by atoms with Crippen molar-refractivity contribution >= 4 is 28.2 Å². The minimum Gasteiger partial charge on any atom is -0.507 e. The predicted molar refractivity (Wildman–Crippen MR) is 150 cm³/mol. The number of methoxy groups -OCH3 is 1. The molecule has 1 heterocycles. The largest absolute Gasteiger partial charge is 0.507 e. The van der Waals surface area contributed by atoms with Crippen LogP contribution in [0.3, 0.4) is 0 Å². The molecule has 0 aliphatic carbocycles. The molecule has 39 heavy (non-hydrogen) atoms. The summed E-state index contributed by atoms with van der Waals surface area (Å²) in [6, 6.07) is 23.7. The van der Waals surface area contributed by atoms with Gasteiger partial charge in [0.25, 0.3) is 11.7 Å². The molecule has 1 aliphatic rings. The lowest BCUT2D eigenvalue weighted by Crippen LogP contribution is -2.29. The second-order valence-corrected chi connectivity index (χ2v) is 10.8. The number of nitrogens with zero attached hydrogens (tertiary/aromatic N) is 1. The first-order valence-electron chi connectivity index (χ1n) is 12.8. The van der Waals surface area contributed by atoms with E-state index in [1.165, 1.54) is 17.0 Å². The topological polar surface area (TPSA) is 66.8 Å². The summed E-state index contributed by atoms with van der Waals surface area (Å²) in [4.78, 5) is 28.6. The highest BCUT2D eigenvalue weighted by Crippen LogP contribution is 2.43. The van der Waals surface area contributed by atoms with Gasteiger partial charge in [-0.15, -0.1) is 0 Å². The fourth-order valence-electron chi connectivity index (χ4n) is 5.24. The van der Waals surface area contributed by atoms with Gasteiger partial charge in [0.05, 0.1) is 18.7 Å². The van der Waals surface area contributed by atoms with Crippen LogP contribution in [0.15, 0.2) is 90.5 Å². The molecule has 4 aromatic rings. The molecule has 1 amide bonds. The lowest BCUT2D eigenvalue weighted by Gasteiger charge is -2.27. The van der Waals surface area contributed by atoms with E-state index in [9.17, 15) is 19.1 Å². The maximum absolute atomic E-state index is 13.6. The summed E-state index contributed by atoms with van der Waals surface area (Å²) in [6.45, 7) is 6.18. The number of rotatable bonds is 5. The molecule has 1 fully saturated rings. The number of fused-ring (bicyclic) bond motifs is 1. The third-order valence-electron chi connectivity index (χ3n) is 7.21. The van der Waals surface area contributed by atoms with Gasteiger partial charge in [0.2, 0.25) is 0 Å². The highest BCUT2D eigenvalue weighted by molar-refractivity contribution is 6.46. The minimum absolute atomic E-state index is 0.0171. The monoisotopic (exact) mass is 523 g/mol. The van der Waals surface area contributed by atoms with E-state index in [4.69, 9.17) is 4.74 Å². The number of ether oxygens (including phenoxy) is 1. The van der Waals surface area contributed by atoms with Crippen molar-refractivity contribution in [2.75, 3.05) is 7.11 Å². The Bertz CT molecular complexity index is 1610. The minimum atomic E-state index is -0.846. The van der Waals surface area contributed by atoms with Crippen molar-refractivity contribution in [3.63, 3.8) is 0 Å². The standard InChI is InChI=1S/C33H30FNO4/c1-33(2,3)26-18-22(14-17-27(26)39-4)30(36)28-29(25-11-7-9-21-8-5-6-10-24(21)25)35(32(38)31(28)37)19-20-12-15-23(34)16-13-20/h5-18,29,36H,19H2,1-4H3/b30-28+. The number of carbonyl (C=O) groups excluding carboxylic acids is 2. The van der Waals surface area contributed by atoms with Gasteiger partial charge in [0.15, 0.2) is 0 Å². The van der Waals surface area contributed by atoms with E-state index in [0.717, 1.165) is 21.9 Å². The SMILES string of the molecule is COc1ccc(/C(O)=C2\C(=O)C(=O)N(Cc3ccc(F)cc3)C2c2cccc3ccccc23)cc1C(C)(C)C. The number of hydrogen-bond acceptors (Lipinski definition) is 4. The molecular weight excluding hydrogens is 493 g/mol. The van der Waals surface area contributed by atoms with Gasteiger partial charge in [-0.05, 0) is 57.6 Å². The second kappa shape index (κ2) is 10.0. The number of halogens is 1. The van der Waals surface area contributed by atoms with Gasteiger partial charge in [-0.25, -0.2) is 4.39 Å². The van der Waals surface area contributed by atoms with Gasteiger partial charge >= 0.3 is 0 Å². The third-order valence-corrected chi connectivity index (χ3v) is 7.21. The van der Waals surface area contributed by atoms with Crippen LogP contribution < -0.4 is 4.74 Å². The van der Waals surface area contributed by atoms with Crippen molar-refractivity contribution in [3.05, 3.63) is 119 Å². The Labute approximate surface area is 227 Å². The van der Waals surface area contributed by atoms with Crippen molar-refractivity contribution in [1.29, 1.82) is 0 Å². The molecule has 0 spiro atoms. The van der Waals surface area contributed by atoms with Gasteiger partial charge in [0, 0.05) is 17.7 Å². The zero-order chi connectivity index (χ0) is 27.9. The van der Waals surface area contributed by atoms with E-state index in [1.54, 1.807) is 31.4 Å². The van der Waals surface area contributed by atoms with Crippen LogP contribution >= 0.6 is 0 Å². The molecular formula is C33H30FNO4. The fourth-order valence-corrected chi connectivity index (χ4v) is 5.24. The Kier molecular flexibility index (Phi) is 6.73. The predicted octanol–water partition coefficient (Wildman–Crippen LogP) is 6.91. The summed E-state index contributed by atoms with van der Waals surface area (Å²) >= 11 is 0. The van der Waals surface area contributed by atoms with Crippen LogP contribution in [0.1, 0.15) is 49.1 Å². The molecule has 1 aliphatic heterocycles. The molecule has 1 N–H and O–H groups in total. The highest BCUT2D eigenvalue weighted by atomic mass is 19.1. The van der Waals surface area contributed by atoms with Crippen LogP contribution in [0.5, 0.6) is 5.75 Å². The first-order chi connectivity index (χ1) is 18.6. The van der Waals surface area contributed by atoms with E-state index in [1.807, 2.05) is 69.3 Å². The Morgan fingerprint density at radius 3 is 2.33 bits per heavy atom. The summed E-state index contributed by atoms with van der Waals surface area (Å²) in [5, 5.41) is 13.5. The Morgan fingerprint density at radius 2 is 1.64 bits per heavy atom. The zero-order valence-corrected chi connectivity index (χ0v) is 22.4. The summed E-state index contributed by atoms with van der Waals surface area (Å²) in [5.41, 5.74) is 2.39. The third kappa shape index (κ3) is 4.78. The summed E-state index contributed by atoms with van der Waals surface area (Å²) in [7, 11) is 1.59. The summed E-state index contributed by atoms with van der Waals surface area (Å²) in [6.07, 6.45) is 0. The average Bonchev–Trinajstić information content (AvgIpc) is 3.17. The normalized spacial score (nSPS) is 17.2. The number of ketones is 1. The number of aliphatic hydroxyl groups excluding tert-OH is 1. The molecule has 0 bridgehead atoms. The molecule has 4 aromatic carbocycles. The number of amides is 1. The molecule has 1 atom stereocenters. The number of aliphatic hydroxyl groups is 1. The van der Waals surface area contributed by atoms with E-state index in [0.29, 0.717) is 16.9 Å². The van der Waals surface area contributed by atoms with E-state index in [-0.39, 0.29) is 29.1 Å². The molecule has 1 unspecified atom stereocenters. The molecule has 5 rings (SSSR count). The zero-order valence-electron chi connectivity index (χ0n) is 22.4. The van der Waals surface area contributed by atoms with Crippen LogP contribution in [0.2, 0.25) is 0 Å². The van der Waals surface area contributed by atoms with E-state index < -0.39 is 17.7 Å². The number of carbonyl (C=O) groups is 2. The molecule has 1 saturated heterocycles. The molecule has 5 nitrogen and oxygen atoms in total. The Morgan fingerprint density at radius 1 is 0.949 bits per heavy atom. The van der Waals surface area contributed by atoms with Crippen molar-refractivity contribution in [2.24, 2.45) is 0 Å². The fraction of sp³-hybridized carbons (Fsp3) is 0.212. The van der Waals surface area contributed by atoms with Gasteiger partial charge in [0.1, 0.15) is 17.3 Å². The van der Waals surface area contributed by atoms with Crippen LogP contribution in [0.25, 0.3) is 16.5 Å². The number of hydrogen-bond donors (Lipinski definition) is 1. The smallest absolute Gasteiger partial charge is 0.295 e. The average molecular weight is 524 g/mol. The van der Waals surface area contributed by atoms with Crippen molar-refractivity contribution in [3.8, 4) is 5.75 Å². The molecule has 0 saturated carbocycles. The maximum Gasteiger partial charge on any atom is 0.295 e. The van der Waals surface area contributed by atoms with Crippen LogP contribution in [-0.2, 0) is 21.5 Å². The van der Waals surface area contributed by atoms with Crippen molar-refractivity contribution in [1.82, 2.24) is 4.90 Å². The van der Waals surface area contributed by atoms with Gasteiger partial charge in [-0.2, -0.15) is 0 Å². The quantitative estimate of drug-likeness (QED) is 0.175. The van der Waals surface area contributed by atoms with Gasteiger partial charge in [-0.1, -0.05) is 75.4 Å². The Balaban J connectivity index is 1.73. The molecule has 6 heteroatoms. The van der Waals surface area contributed by atoms with Crippen LogP contribution in [0.4, 0.5) is 4.39 Å². The van der Waals surface area contributed by atoms with Gasteiger partial charge in [-0.3, -0.25) is 9.59 Å². The maximum atomic E-state index is 13.6. The molecule has 0 radical (unpaired) electrons.